The van der Waals surface area contributed by atoms with E-state index in [1.165, 1.54) is 48.5 Å². The molecule has 0 unspecified atom stereocenters. The second-order valence-electron chi connectivity index (χ2n) is 32.7. The van der Waals surface area contributed by atoms with Gasteiger partial charge in [0.15, 0.2) is 0 Å². The van der Waals surface area contributed by atoms with Crippen molar-refractivity contribution in [2.75, 3.05) is 26.2 Å². The molecular formula is C98H100N8O18S4. The molecule has 0 radical (unpaired) electrons. The van der Waals surface area contributed by atoms with Gasteiger partial charge in [-0.3, -0.25) is 24.0 Å². The first-order chi connectivity index (χ1) is 60.7. The maximum absolute atomic E-state index is 15.0. The summed E-state index contributed by atoms with van der Waals surface area (Å²) in [5, 5.41) is 11.2. The summed E-state index contributed by atoms with van der Waals surface area (Å²) in [7, 11) is -17.7. The van der Waals surface area contributed by atoms with Crippen molar-refractivity contribution >= 4 is 116 Å². The molecule has 0 atom stereocenters. The highest BCUT2D eigenvalue weighted by Gasteiger charge is 2.35. The Kier molecular flexibility index (Phi) is 28.6. The molecule has 664 valence electrons. The number of esters is 4. The van der Waals surface area contributed by atoms with Crippen molar-refractivity contribution in [2.45, 2.75) is 160 Å². The SMILES string of the molecule is Cc1ccc(S(=O)(=O)N(CC(=O)OC(C)C)Cc2cccc(-c3c4nc(c(-c5cccc(CN(CC(=O)OC(C)C)S(=O)(=O)c6ccc(C)cc6)c5)c5cc(CC(=O)O)c([nH]5)c(-c5cccc(CN(CC(=O)OC(C)C)S(=O)(=O)c6ccc(C)cc6)c5)c5nc(c(-c6cccc(CN(CC(=O)OC(C)C)S(=O)(=O)c7ccc(C)cc7)c6)c6ccc3[nH]6)C=C5)C=C4)c2)cc1. The third-order valence-corrected chi connectivity index (χ3v) is 28.1. The summed E-state index contributed by atoms with van der Waals surface area (Å²) < 4.78 is 146. The number of rotatable bonds is 34. The number of sulfonamides is 4. The Morgan fingerprint density at radius 2 is 0.578 bits per heavy atom. The van der Waals surface area contributed by atoms with Crippen LogP contribution in [0.1, 0.15) is 128 Å². The van der Waals surface area contributed by atoms with E-state index in [0.29, 0.717) is 83.6 Å². The maximum atomic E-state index is 15.0. The van der Waals surface area contributed by atoms with E-state index in [1.807, 2.05) is 52.0 Å². The van der Waals surface area contributed by atoms with E-state index in [4.69, 9.17) is 28.9 Å². The first-order valence-electron chi connectivity index (χ1n) is 41.6. The summed E-state index contributed by atoms with van der Waals surface area (Å²) >= 11 is 0. The van der Waals surface area contributed by atoms with E-state index in [2.05, 4.69) is 9.97 Å². The van der Waals surface area contributed by atoms with Gasteiger partial charge < -0.3 is 34.0 Å². The summed E-state index contributed by atoms with van der Waals surface area (Å²) in [6, 6.07) is 58.1. The van der Waals surface area contributed by atoms with Crippen molar-refractivity contribution in [3.63, 3.8) is 0 Å². The molecule has 0 amide bonds. The molecule has 0 aliphatic carbocycles. The molecule has 13 rings (SSSR count). The van der Waals surface area contributed by atoms with Gasteiger partial charge in [0.25, 0.3) is 0 Å². The van der Waals surface area contributed by atoms with Gasteiger partial charge in [0.05, 0.1) is 78.7 Å². The lowest BCUT2D eigenvalue weighted by Crippen LogP contribution is -2.36. The van der Waals surface area contributed by atoms with Gasteiger partial charge in [0, 0.05) is 65.0 Å². The molecule has 3 aromatic heterocycles. The van der Waals surface area contributed by atoms with Crippen LogP contribution < -0.4 is 0 Å². The average Bonchev–Trinajstić information content (AvgIpc) is 1.59. The molecule has 0 saturated heterocycles. The summed E-state index contributed by atoms with van der Waals surface area (Å²) in [5.74, 6) is -4.46. The van der Waals surface area contributed by atoms with Crippen molar-refractivity contribution in [2.24, 2.45) is 0 Å². The fraction of sp³-hybridized carbons (Fsp3) is 0.255. The maximum Gasteiger partial charge on any atom is 0.321 e. The van der Waals surface area contributed by atoms with Crippen molar-refractivity contribution in [3.8, 4) is 44.5 Å². The van der Waals surface area contributed by atoms with Crippen molar-refractivity contribution in [1.29, 1.82) is 0 Å². The van der Waals surface area contributed by atoms with Crippen LogP contribution in [0.5, 0.6) is 0 Å². The Labute approximate surface area is 745 Å². The average molecular weight is 1810 g/mol. The smallest absolute Gasteiger partial charge is 0.321 e. The number of carbonyl (C=O) groups excluding carboxylic acids is 4. The second kappa shape index (κ2) is 39.3. The Morgan fingerprint density at radius 1 is 0.328 bits per heavy atom. The van der Waals surface area contributed by atoms with Crippen molar-refractivity contribution in [1.82, 2.24) is 37.2 Å². The van der Waals surface area contributed by atoms with Gasteiger partial charge >= 0.3 is 29.8 Å². The van der Waals surface area contributed by atoms with E-state index in [0.717, 1.165) is 39.5 Å². The number of hydrogen-bond donors (Lipinski definition) is 3. The zero-order valence-corrected chi connectivity index (χ0v) is 76.2. The number of aromatic amines is 2. The van der Waals surface area contributed by atoms with Crippen LogP contribution in [0.4, 0.5) is 0 Å². The Hall–Kier alpha value is -12.7. The van der Waals surface area contributed by atoms with Crippen LogP contribution in [-0.4, -0.2) is 156 Å². The normalized spacial score (nSPS) is 12.5. The predicted molar refractivity (Wildman–Crippen MR) is 492 cm³/mol. The lowest BCUT2D eigenvalue weighted by atomic mass is 9.98. The molecule has 3 N–H and O–H groups in total. The standard InChI is InChI=1S/C98H100N8O18S4/c1-61(2)121-90(109)57-103(125(113,114)78-33-25-65(9)26-34-78)53-69-17-13-21-73(47-69)94-82-41-42-83(99-82)95(74-22-14-18-70(48-74)54-104(58-91(110)122-62(3)4)126(115,116)79-35-27-66(10)28-36-79)85-45-46-87(101-85)97(76-24-16-20-72(50-76)56-106(60-93(112)124-64(7)8)128(119,120)81-39-31-68(12)32-40-81)98-77(52-89(107)108)51-88(102-98)96(86-44-43-84(94)100-86)75-23-15-19-71(49-75)55-105(59-92(111)123-63(5)6)127(117,118)80-37-29-67(11)30-38-80/h13-51,61-64,99,102H,52-60H2,1-12H3,(H,107,108). The number of H-pyrrole nitrogens is 2. The number of aliphatic carboxylic acids is 1. The monoisotopic (exact) mass is 1800 g/mol. The van der Waals surface area contributed by atoms with E-state index < -0.39 is 127 Å². The molecule has 0 spiro atoms. The van der Waals surface area contributed by atoms with Gasteiger partial charge in [0.1, 0.15) is 26.2 Å². The third kappa shape index (κ3) is 22.1. The summed E-state index contributed by atoms with van der Waals surface area (Å²) in [5.41, 5.74) is 10.7. The zero-order chi connectivity index (χ0) is 91.8. The van der Waals surface area contributed by atoms with Crippen LogP contribution in [0.2, 0.25) is 0 Å². The van der Waals surface area contributed by atoms with Crippen LogP contribution in [-0.2, 0) is 116 Å². The van der Waals surface area contributed by atoms with Crippen molar-refractivity contribution < 1.29 is 81.7 Å². The number of fused-ring (bicyclic) bond motifs is 8. The highest BCUT2D eigenvalue weighted by atomic mass is 32.2. The molecule has 2 aliphatic heterocycles. The second-order valence-corrected chi connectivity index (χ2v) is 40.4. The number of hydrogen-bond acceptors (Lipinski definition) is 19. The molecule has 11 aromatic rings. The Morgan fingerprint density at radius 3 is 0.836 bits per heavy atom. The topological polar surface area (TPSA) is 349 Å². The number of carbonyl (C=O) groups is 5. The minimum atomic E-state index is -4.46. The molecule has 0 saturated carbocycles. The first-order valence-corrected chi connectivity index (χ1v) is 47.4. The van der Waals surface area contributed by atoms with Gasteiger partial charge in [-0.2, -0.15) is 17.2 Å². The summed E-state index contributed by atoms with van der Waals surface area (Å²) in [4.78, 5) is 87.0. The molecule has 0 fully saturated rings. The Bertz CT molecular complexity index is 6830. The number of ether oxygens (including phenoxy) is 4. The predicted octanol–water partition coefficient (Wildman–Crippen LogP) is 16.8. The van der Waals surface area contributed by atoms with Crippen LogP contribution in [0.15, 0.2) is 232 Å². The van der Waals surface area contributed by atoms with Gasteiger partial charge in [-0.15, -0.1) is 0 Å². The lowest BCUT2D eigenvalue weighted by molar-refractivity contribution is -0.148. The number of nitrogens with one attached hydrogen (secondary N) is 2. The number of aryl methyl sites for hydroxylation is 4. The zero-order valence-electron chi connectivity index (χ0n) is 72.9. The molecule has 8 bridgehead atoms. The van der Waals surface area contributed by atoms with E-state index >= 15 is 0 Å². The van der Waals surface area contributed by atoms with Crippen LogP contribution in [0.3, 0.4) is 0 Å². The Balaban J connectivity index is 1.11. The number of benzene rings is 8. The number of aromatic nitrogens is 4. The number of carboxylic acid groups (broad SMARTS) is 1. The first kappa shape index (κ1) is 93.0. The lowest BCUT2D eigenvalue weighted by Gasteiger charge is -2.22. The molecular weight excluding hydrogens is 1710 g/mol. The number of nitrogens with zero attached hydrogens (tertiary/aromatic N) is 6. The minimum Gasteiger partial charge on any atom is -0.481 e. The molecule has 2 aliphatic rings. The van der Waals surface area contributed by atoms with Crippen LogP contribution in [0, 0.1) is 27.7 Å². The molecule has 26 nitrogen and oxygen atoms in total. The number of carboxylic acids is 1. The molecule has 5 heterocycles. The fourth-order valence-corrected chi connectivity index (χ4v) is 20.6. The quantitative estimate of drug-likeness (QED) is 0.0249. The van der Waals surface area contributed by atoms with E-state index in [9.17, 15) is 62.8 Å². The third-order valence-electron chi connectivity index (χ3n) is 20.9. The van der Waals surface area contributed by atoms with E-state index in [-0.39, 0.29) is 79.3 Å². The molecule has 8 aromatic carbocycles. The van der Waals surface area contributed by atoms with Crippen molar-refractivity contribution in [3.05, 3.63) is 285 Å². The van der Waals surface area contributed by atoms with Crippen LogP contribution in [0.25, 0.3) is 90.9 Å². The van der Waals surface area contributed by atoms with Gasteiger partial charge in [-0.25, -0.2) is 43.6 Å². The summed E-state index contributed by atoms with van der Waals surface area (Å²) in [6.45, 7) is 16.4. The summed E-state index contributed by atoms with van der Waals surface area (Å²) in [6.07, 6.45) is 4.03. The molecule has 128 heavy (non-hydrogen) atoms. The van der Waals surface area contributed by atoms with Gasteiger partial charge in [-0.1, -0.05) is 144 Å². The molecule has 30 heteroatoms. The minimum absolute atomic E-state index is 0.0630. The van der Waals surface area contributed by atoms with Gasteiger partial charge in [-0.05, 0) is 248 Å². The largest absolute Gasteiger partial charge is 0.481 e. The van der Waals surface area contributed by atoms with Crippen LogP contribution >= 0.6 is 0 Å². The highest BCUT2D eigenvalue weighted by Crippen LogP contribution is 2.42. The van der Waals surface area contributed by atoms with Gasteiger partial charge in [0.2, 0.25) is 40.1 Å². The van der Waals surface area contributed by atoms with E-state index in [1.54, 1.807) is 219 Å². The highest BCUT2D eigenvalue weighted by molar-refractivity contribution is 7.90. The fourth-order valence-electron chi connectivity index (χ4n) is 15.1.